The number of ether oxygens (including phenoxy) is 1. The van der Waals surface area contributed by atoms with Crippen LogP contribution >= 0.6 is 11.8 Å². The van der Waals surface area contributed by atoms with E-state index in [2.05, 4.69) is 14.5 Å². The van der Waals surface area contributed by atoms with Crippen LogP contribution in [0.25, 0.3) is 0 Å². The van der Waals surface area contributed by atoms with Crippen molar-refractivity contribution in [3.63, 3.8) is 0 Å². The van der Waals surface area contributed by atoms with Gasteiger partial charge < -0.3 is 10.1 Å². The van der Waals surface area contributed by atoms with Crippen LogP contribution < -0.4 is 5.32 Å². The molecule has 1 aliphatic rings. The van der Waals surface area contributed by atoms with Gasteiger partial charge in [0.15, 0.2) is 5.17 Å². The monoisotopic (exact) mass is 328 g/mol. The number of sulfonamides is 1. The first-order chi connectivity index (χ1) is 9.87. The minimum absolute atomic E-state index is 0.164. The molecule has 1 unspecified atom stereocenters. The van der Waals surface area contributed by atoms with Crippen molar-refractivity contribution in [2.45, 2.75) is 30.4 Å². The molecule has 0 fully saturated rings. The van der Waals surface area contributed by atoms with Crippen LogP contribution in [0.4, 0.5) is 5.69 Å². The van der Waals surface area contributed by atoms with Crippen molar-refractivity contribution < 1.29 is 17.9 Å². The molecule has 0 saturated heterocycles. The number of anilines is 1. The van der Waals surface area contributed by atoms with Gasteiger partial charge in [0.25, 0.3) is 10.0 Å². The summed E-state index contributed by atoms with van der Waals surface area (Å²) in [7, 11) is -2.46. The summed E-state index contributed by atoms with van der Waals surface area (Å²) >= 11 is 1.01. The van der Waals surface area contributed by atoms with Crippen LogP contribution in [-0.2, 0) is 26.0 Å². The molecule has 0 radical (unpaired) electrons. The number of nitrogens with zero attached hydrogens (tertiary/aromatic N) is 1. The fraction of sp³-hybridized carbons (Fsp3) is 0.385. The lowest BCUT2D eigenvalue weighted by molar-refractivity contribution is -0.139. The highest BCUT2D eigenvalue weighted by Crippen LogP contribution is 2.31. The molecule has 1 aromatic carbocycles. The van der Waals surface area contributed by atoms with Crippen LogP contribution in [-0.4, -0.2) is 31.9 Å². The quantitative estimate of drug-likeness (QED) is 0.855. The Balaban J connectivity index is 2.31. The van der Waals surface area contributed by atoms with Crippen molar-refractivity contribution in [3.8, 4) is 0 Å². The summed E-state index contributed by atoms with van der Waals surface area (Å²) in [5.41, 5.74) is 1.40. The van der Waals surface area contributed by atoms with Crippen LogP contribution in [0.5, 0.6) is 0 Å². The van der Waals surface area contributed by atoms with Gasteiger partial charge in [0.2, 0.25) is 0 Å². The van der Waals surface area contributed by atoms with Gasteiger partial charge >= 0.3 is 5.97 Å². The van der Waals surface area contributed by atoms with Crippen LogP contribution in [0, 0.1) is 0 Å². The largest absolute Gasteiger partial charge is 0.468 e. The molecule has 6 nitrogen and oxygen atoms in total. The second-order valence-electron chi connectivity index (χ2n) is 4.46. The molecule has 0 saturated carbocycles. The van der Waals surface area contributed by atoms with E-state index >= 15 is 0 Å². The van der Waals surface area contributed by atoms with Crippen LogP contribution in [0.2, 0.25) is 0 Å². The van der Waals surface area contributed by atoms with E-state index in [4.69, 9.17) is 0 Å². The SMILES string of the molecule is CCc1ccc2c(c1)S(=O)(=O)N=C(SC(C)C(=O)OC)N2. The number of methoxy groups -OCH3 is 1. The molecule has 114 valence electrons. The van der Waals surface area contributed by atoms with E-state index in [0.717, 1.165) is 23.7 Å². The second-order valence-corrected chi connectivity index (χ2v) is 7.37. The van der Waals surface area contributed by atoms with Crippen LogP contribution in [0.1, 0.15) is 19.4 Å². The zero-order valence-electron chi connectivity index (χ0n) is 11.9. The van der Waals surface area contributed by atoms with Crippen molar-refractivity contribution in [1.29, 1.82) is 0 Å². The minimum atomic E-state index is -3.75. The first-order valence-electron chi connectivity index (χ1n) is 6.36. The van der Waals surface area contributed by atoms with Gasteiger partial charge in [0, 0.05) is 0 Å². The summed E-state index contributed by atoms with van der Waals surface area (Å²) < 4.78 is 32.8. The van der Waals surface area contributed by atoms with E-state index in [9.17, 15) is 13.2 Å². The van der Waals surface area contributed by atoms with Gasteiger partial charge in [0.1, 0.15) is 10.1 Å². The fourth-order valence-corrected chi connectivity index (χ4v) is 4.05. The first-order valence-corrected chi connectivity index (χ1v) is 8.68. The van der Waals surface area contributed by atoms with Gasteiger partial charge in [-0.25, -0.2) is 0 Å². The molecule has 1 atom stereocenters. The topological polar surface area (TPSA) is 84.8 Å². The number of amidine groups is 1. The summed E-state index contributed by atoms with van der Waals surface area (Å²) in [5.74, 6) is -0.436. The Kier molecular flexibility index (Phi) is 4.58. The number of hydrogen-bond acceptors (Lipinski definition) is 6. The molecule has 0 amide bonds. The van der Waals surface area contributed by atoms with Crippen molar-refractivity contribution in [1.82, 2.24) is 0 Å². The Morgan fingerprint density at radius 3 is 2.81 bits per heavy atom. The molecule has 21 heavy (non-hydrogen) atoms. The third-order valence-electron chi connectivity index (χ3n) is 3.00. The van der Waals surface area contributed by atoms with E-state index in [1.54, 1.807) is 19.1 Å². The summed E-state index contributed by atoms with van der Waals surface area (Å²) in [4.78, 5) is 11.6. The average molecular weight is 328 g/mol. The molecule has 0 aromatic heterocycles. The molecule has 1 N–H and O–H groups in total. The van der Waals surface area contributed by atoms with E-state index in [1.807, 2.05) is 13.0 Å². The third kappa shape index (κ3) is 3.38. The van der Waals surface area contributed by atoms with E-state index in [1.165, 1.54) is 7.11 Å². The molecule has 1 aliphatic heterocycles. The fourth-order valence-electron chi connectivity index (χ4n) is 1.83. The highest BCUT2D eigenvalue weighted by atomic mass is 32.2. The molecule has 0 spiro atoms. The third-order valence-corrected chi connectivity index (χ3v) is 5.39. The summed E-state index contributed by atoms with van der Waals surface area (Å²) in [6.45, 7) is 3.58. The molecule has 2 rings (SSSR count). The normalized spacial score (nSPS) is 17.2. The Hall–Kier alpha value is -1.54. The summed E-state index contributed by atoms with van der Waals surface area (Å²) in [5, 5.41) is 2.56. The predicted octanol–water partition coefficient (Wildman–Crippen LogP) is 2.01. The number of rotatable bonds is 3. The number of thioether (sulfide) groups is 1. The number of carbonyl (C=O) groups is 1. The molecule has 1 aromatic rings. The maximum Gasteiger partial charge on any atom is 0.318 e. The van der Waals surface area contributed by atoms with Gasteiger partial charge in [0.05, 0.1) is 12.8 Å². The zero-order chi connectivity index (χ0) is 15.6. The number of carbonyl (C=O) groups excluding carboxylic acids is 1. The maximum absolute atomic E-state index is 12.2. The lowest BCUT2D eigenvalue weighted by Crippen LogP contribution is -2.24. The highest BCUT2D eigenvalue weighted by molar-refractivity contribution is 8.15. The molecular formula is C13H16N2O4S2. The van der Waals surface area contributed by atoms with Crippen LogP contribution in [0.15, 0.2) is 27.5 Å². The van der Waals surface area contributed by atoms with Crippen molar-refractivity contribution in [3.05, 3.63) is 23.8 Å². The van der Waals surface area contributed by atoms with Crippen molar-refractivity contribution in [2.24, 2.45) is 4.40 Å². The number of hydrogen-bond donors (Lipinski definition) is 1. The van der Waals surface area contributed by atoms with Gasteiger partial charge in [-0.15, -0.1) is 4.40 Å². The second kappa shape index (κ2) is 6.07. The maximum atomic E-state index is 12.2. The molecule has 8 heteroatoms. The van der Waals surface area contributed by atoms with Gasteiger partial charge in [-0.05, 0) is 31.0 Å². The van der Waals surface area contributed by atoms with Crippen molar-refractivity contribution in [2.75, 3.05) is 12.4 Å². The number of nitrogens with one attached hydrogen (secondary N) is 1. The van der Waals surface area contributed by atoms with E-state index < -0.39 is 21.2 Å². The Labute approximate surface area is 128 Å². The Morgan fingerprint density at radius 2 is 2.19 bits per heavy atom. The first kappa shape index (κ1) is 15.8. The average Bonchev–Trinajstić information content (AvgIpc) is 2.45. The molecule has 0 aliphatic carbocycles. The van der Waals surface area contributed by atoms with Gasteiger partial charge in [-0.3, -0.25) is 4.79 Å². The lowest BCUT2D eigenvalue weighted by Gasteiger charge is -2.19. The summed E-state index contributed by atoms with van der Waals surface area (Å²) in [6, 6.07) is 5.19. The Morgan fingerprint density at radius 1 is 1.48 bits per heavy atom. The Bertz CT molecular complexity index is 698. The summed E-state index contributed by atoms with van der Waals surface area (Å²) in [6.07, 6.45) is 0.744. The van der Waals surface area contributed by atoms with Gasteiger partial charge in [-0.2, -0.15) is 8.42 Å². The highest BCUT2D eigenvalue weighted by Gasteiger charge is 2.27. The van der Waals surface area contributed by atoms with Crippen LogP contribution in [0.3, 0.4) is 0 Å². The molecule has 0 bridgehead atoms. The number of esters is 1. The smallest absolute Gasteiger partial charge is 0.318 e. The number of fused-ring (bicyclic) bond motifs is 1. The lowest BCUT2D eigenvalue weighted by atomic mass is 10.1. The van der Waals surface area contributed by atoms with E-state index in [-0.39, 0.29) is 10.1 Å². The zero-order valence-corrected chi connectivity index (χ0v) is 13.5. The molecular weight excluding hydrogens is 312 g/mol. The standard InChI is InChI=1S/C13H16N2O4S2/c1-4-9-5-6-10-11(7-9)21(17,18)15-13(14-10)20-8(2)12(16)19-3/h5-8H,4H2,1-3H3,(H,14,15). The van der Waals surface area contributed by atoms with Gasteiger partial charge in [-0.1, -0.05) is 24.8 Å². The predicted molar refractivity (Wildman–Crippen MR) is 83.1 cm³/mol. The number of benzene rings is 1. The van der Waals surface area contributed by atoms with Crippen molar-refractivity contribution >= 4 is 38.6 Å². The number of aryl methyl sites for hydroxylation is 1. The minimum Gasteiger partial charge on any atom is -0.468 e. The van der Waals surface area contributed by atoms with E-state index in [0.29, 0.717) is 5.69 Å². The molecule has 1 heterocycles.